The largest absolute Gasteiger partial charge is 0.478 e. The first kappa shape index (κ1) is 24.0. The van der Waals surface area contributed by atoms with Gasteiger partial charge in [0, 0.05) is 33.3 Å². The van der Waals surface area contributed by atoms with Crippen LogP contribution in [-0.2, 0) is 10.4 Å². The number of hydrogen-bond acceptors (Lipinski definition) is 4. The van der Waals surface area contributed by atoms with Crippen LogP contribution in [0.5, 0.6) is 0 Å². The van der Waals surface area contributed by atoms with E-state index in [1.165, 1.54) is 6.07 Å². The maximum atomic E-state index is 14.1. The van der Waals surface area contributed by atoms with Crippen LogP contribution in [0.15, 0.2) is 41.6 Å². The molecule has 1 unspecified atom stereocenters. The minimum absolute atomic E-state index is 0.0566. The topological polar surface area (TPSA) is 70.9 Å². The van der Waals surface area contributed by atoms with Gasteiger partial charge in [0.15, 0.2) is 0 Å². The third-order valence-corrected chi connectivity index (χ3v) is 5.01. The van der Waals surface area contributed by atoms with Crippen molar-refractivity contribution in [1.82, 2.24) is 0 Å². The molecule has 0 fully saturated rings. The van der Waals surface area contributed by atoms with Crippen LogP contribution in [0, 0.1) is 0 Å². The van der Waals surface area contributed by atoms with E-state index in [-0.39, 0.29) is 21.3 Å². The minimum atomic E-state index is -4.97. The highest BCUT2D eigenvalue weighted by Gasteiger charge is 2.62. The number of oxime groups is 1. The first-order chi connectivity index (χ1) is 14.7. The number of benzene rings is 2. The number of nitrogens with one attached hydrogen (secondary N) is 1. The third kappa shape index (κ3) is 4.88. The quantitative estimate of drug-likeness (QED) is 0.476. The Morgan fingerprint density at radius 2 is 1.72 bits per heavy atom. The molecule has 5 nitrogen and oxygen atoms in total. The number of carboxylic acid groups (broad SMARTS) is 1. The number of nitrogens with zero attached hydrogens (tertiary/aromatic N) is 1. The van der Waals surface area contributed by atoms with E-state index in [1.54, 1.807) is 0 Å². The maximum Gasteiger partial charge on any atom is 0.435 e. The summed E-state index contributed by atoms with van der Waals surface area (Å²) in [6.45, 7) is -1.55. The normalized spacial score (nSPS) is 18.8. The number of alkyl halides is 6. The van der Waals surface area contributed by atoms with Crippen molar-refractivity contribution in [2.75, 3.05) is 11.9 Å². The Bertz CT molecular complexity index is 1070. The molecule has 1 aliphatic rings. The van der Waals surface area contributed by atoms with Crippen molar-refractivity contribution in [3.8, 4) is 0 Å². The first-order valence-corrected chi connectivity index (χ1v) is 9.44. The molecular formula is C19H12Cl2F6N2O3. The van der Waals surface area contributed by atoms with Crippen molar-refractivity contribution in [1.29, 1.82) is 0 Å². The molecular weight excluding hydrogens is 489 g/mol. The van der Waals surface area contributed by atoms with Crippen molar-refractivity contribution >= 4 is 40.6 Å². The van der Waals surface area contributed by atoms with Gasteiger partial charge >= 0.3 is 18.3 Å². The smallest absolute Gasteiger partial charge is 0.435 e. The van der Waals surface area contributed by atoms with E-state index in [9.17, 15) is 36.2 Å². The Hall–Kier alpha value is -2.66. The number of carboxylic acids is 1. The van der Waals surface area contributed by atoms with E-state index in [0.717, 1.165) is 30.3 Å². The van der Waals surface area contributed by atoms with Crippen LogP contribution in [0.25, 0.3) is 0 Å². The molecule has 0 saturated heterocycles. The number of aromatic carboxylic acids is 1. The SMILES string of the molecule is O=C(O)c1ccc(C2=NOC(c3cc(Cl)cc(Cl)c3)(C(F)(F)F)C2)cc1NCC(F)(F)F. The van der Waals surface area contributed by atoms with Gasteiger partial charge in [-0.25, -0.2) is 4.79 Å². The molecule has 2 aromatic rings. The Morgan fingerprint density at radius 3 is 2.25 bits per heavy atom. The lowest BCUT2D eigenvalue weighted by Gasteiger charge is -2.29. The van der Waals surface area contributed by atoms with Crippen LogP contribution in [0.3, 0.4) is 0 Å². The molecule has 3 rings (SSSR count). The Labute approximate surface area is 186 Å². The fourth-order valence-electron chi connectivity index (χ4n) is 3.10. The van der Waals surface area contributed by atoms with Gasteiger partial charge in [-0.1, -0.05) is 34.4 Å². The van der Waals surface area contributed by atoms with Crippen molar-refractivity contribution in [2.24, 2.45) is 5.16 Å². The first-order valence-electron chi connectivity index (χ1n) is 8.68. The van der Waals surface area contributed by atoms with Crippen LogP contribution >= 0.6 is 23.2 Å². The van der Waals surface area contributed by atoms with Crippen LogP contribution < -0.4 is 5.32 Å². The van der Waals surface area contributed by atoms with Gasteiger partial charge in [0.2, 0.25) is 0 Å². The summed E-state index contributed by atoms with van der Waals surface area (Å²) in [6, 6.07) is 6.32. The Morgan fingerprint density at radius 1 is 1.09 bits per heavy atom. The number of hydrogen-bond donors (Lipinski definition) is 2. The zero-order valence-corrected chi connectivity index (χ0v) is 17.1. The summed E-state index contributed by atoms with van der Waals surface area (Å²) in [5, 5.41) is 14.5. The zero-order valence-electron chi connectivity index (χ0n) is 15.6. The molecule has 1 heterocycles. The second-order valence-corrected chi connectivity index (χ2v) is 7.70. The second kappa shape index (κ2) is 8.36. The Balaban J connectivity index is 2.00. The molecule has 172 valence electrons. The van der Waals surface area contributed by atoms with E-state index in [0.29, 0.717) is 0 Å². The Kier molecular flexibility index (Phi) is 6.27. The van der Waals surface area contributed by atoms with E-state index in [2.05, 4.69) is 5.16 Å². The van der Waals surface area contributed by atoms with E-state index in [1.807, 2.05) is 5.32 Å². The van der Waals surface area contributed by atoms with Crippen LogP contribution in [-0.4, -0.2) is 35.7 Å². The number of halogens is 8. The fraction of sp³-hybridized carbons (Fsp3) is 0.263. The van der Waals surface area contributed by atoms with Gasteiger partial charge in [0.05, 0.1) is 11.3 Å². The predicted molar refractivity (Wildman–Crippen MR) is 104 cm³/mol. The van der Waals surface area contributed by atoms with Crippen molar-refractivity contribution in [3.05, 3.63) is 63.1 Å². The number of carbonyl (C=O) groups is 1. The lowest BCUT2D eigenvalue weighted by Crippen LogP contribution is -2.42. The average molecular weight is 501 g/mol. The van der Waals surface area contributed by atoms with Gasteiger partial charge in [-0.05, 0) is 30.3 Å². The van der Waals surface area contributed by atoms with E-state index >= 15 is 0 Å². The minimum Gasteiger partial charge on any atom is -0.478 e. The second-order valence-electron chi connectivity index (χ2n) is 6.82. The molecule has 0 bridgehead atoms. The molecule has 0 aromatic heterocycles. The summed E-state index contributed by atoms with van der Waals surface area (Å²) in [4.78, 5) is 16.1. The highest BCUT2D eigenvalue weighted by molar-refractivity contribution is 6.34. The van der Waals surface area contributed by atoms with Crippen LogP contribution in [0.1, 0.15) is 27.9 Å². The molecule has 1 atom stereocenters. The molecule has 2 N–H and O–H groups in total. The summed E-state index contributed by atoms with van der Waals surface area (Å²) in [5.74, 6) is -1.52. The molecule has 32 heavy (non-hydrogen) atoms. The zero-order chi connectivity index (χ0) is 23.9. The van der Waals surface area contributed by atoms with Gasteiger partial charge in [-0.3, -0.25) is 0 Å². The summed E-state index contributed by atoms with van der Waals surface area (Å²) < 4.78 is 79.9. The summed E-state index contributed by atoms with van der Waals surface area (Å²) in [6.07, 6.45) is -10.5. The maximum absolute atomic E-state index is 14.1. The molecule has 0 saturated carbocycles. The highest BCUT2D eigenvalue weighted by Crippen LogP contribution is 2.49. The lowest BCUT2D eigenvalue weighted by molar-refractivity contribution is -0.275. The molecule has 2 aromatic carbocycles. The van der Waals surface area contributed by atoms with Crippen molar-refractivity contribution in [3.63, 3.8) is 0 Å². The van der Waals surface area contributed by atoms with Gasteiger partial charge in [0.1, 0.15) is 6.54 Å². The van der Waals surface area contributed by atoms with Gasteiger partial charge < -0.3 is 15.3 Å². The van der Waals surface area contributed by atoms with Crippen molar-refractivity contribution in [2.45, 2.75) is 24.4 Å². The molecule has 1 aliphatic heterocycles. The monoisotopic (exact) mass is 500 g/mol. The summed E-state index contributed by atoms with van der Waals surface area (Å²) in [5.41, 5.74) is -4.61. The van der Waals surface area contributed by atoms with Gasteiger partial charge in [-0.2, -0.15) is 26.3 Å². The standard InChI is InChI=1S/C19H12Cl2F6N2O3/c20-11-4-10(5-12(21)6-11)17(19(25,26)27)7-15(29-32-17)9-1-2-13(16(30)31)14(3-9)28-8-18(22,23)24/h1-6,28H,7-8H2,(H,30,31). The third-order valence-electron chi connectivity index (χ3n) is 4.58. The van der Waals surface area contributed by atoms with Crippen molar-refractivity contribution < 1.29 is 41.1 Å². The van der Waals surface area contributed by atoms with Gasteiger partial charge in [-0.15, -0.1) is 0 Å². The lowest BCUT2D eigenvalue weighted by atomic mass is 9.86. The molecule has 0 spiro atoms. The number of rotatable bonds is 5. The van der Waals surface area contributed by atoms with Gasteiger partial charge in [0.25, 0.3) is 5.60 Å². The molecule has 0 amide bonds. The highest BCUT2D eigenvalue weighted by atomic mass is 35.5. The van der Waals surface area contributed by atoms with E-state index in [4.69, 9.17) is 28.0 Å². The van der Waals surface area contributed by atoms with Crippen LogP contribution in [0.2, 0.25) is 10.0 Å². The molecule has 13 heteroatoms. The number of anilines is 1. The van der Waals surface area contributed by atoms with Crippen LogP contribution in [0.4, 0.5) is 32.0 Å². The summed E-state index contributed by atoms with van der Waals surface area (Å²) in [7, 11) is 0. The fourth-order valence-corrected chi connectivity index (χ4v) is 3.62. The summed E-state index contributed by atoms with van der Waals surface area (Å²) >= 11 is 11.7. The molecule has 0 radical (unpaired) electrons. The molecule has 0 aliphatic carbocycles. The predicted octanol–water partition coefficient (Wildman–Crippen LogP) is 6.25. The van der Waals surface area contributed by atoms with E-state index < -0.39 is 53.7 Å². The average Bonchev–Trinajstić information content (AvgIpc) is 3.11.